The van der Waals surface area contributed by atoms with Crippen LogP contribution in [0.5, 0.6) is 5.75 Å². The second-order valence-electron chi connectivity index (χ2n) is 4.30. The topological polar surface area (TPSA) is 29.9 Å². The van der Waals surface area contributed by atoms with Gasteiger partial charge in [-0.15, -0.1) is 0 Å². The molecule has 0 saturated heterocycles. The third-order valence-electron chi connectivity index (χ3n) is 2.97. The molecule has 0 atom stereocenters. The third-order valence-corrected chi connectivity index (χ3v) is 3.49. The van der Waals surface area contributed by atoms with Gasteiger partial charge >= 0.3 is 6.61 Å². The van der Waals surface area contributed by atoms with Gasteiger partial charge in [0.15, 0.2) is 4.77 Å². The number of halogens is 3. The van der Waals surface area contributed by atoms with Gasteiger partial charge in [0.25, 0.3) is 0 Å². The van der Waals surface area contributed by atoms with Crippen LogP contribution in [0.1, 0.15) is 0 Å². The van der Waals surface area contributed by atoms with E-state index < -0.39 is 6.61 Å². The zero-order valence-corrected chi connectivity index (χ0v) is 12.1. The number of ether oxygens (including phenoxy) is 1. The Balaban J connectivity index is 2.09. The Labute approximate surface area is 128 Å². The Morgan fingerprint density at radius 1 is 1.14 bits per heavy atom. The maximum Gasteiger partial charge on any atom is 0.387 e. The number of rotatable bonds is 3. The molecule has 0 amide bonds. The van der Waals surface area contributed by atoms with Gasteiger partial charge in [0.05, 0.1) is 11.0 Å². The summed E-state index contributed by atoms with van der Waals surface area (Å²) in [6, 6.07) is 11.6. The van der Waals surface area contributed by atoms with Crippen LogP contribution in [-0.2, 0) is 0 Å². The van der Waals surface area contributed by atoms with Gasteiger partial charge in [-0.3, -0.25) is 4.57 Å². The second kappa shape index (κ2) is 5.46. The molecule has 1 N–H and O–H groups in total. The Bertz CT molecular complexity index is 842. The molecule has 0 bridgehead atoms. The summed E-state index contributed by atoms with van der Waals surface area (Å²) in [5.41, 5.74) is 2.39. The Kier molecular flexibility index (Phi) is 3.65. The number of hydrogen-bond donors (Lipinski definition) is 1. The van der Waals surface area contributed by atoms with Crippen molar-refractivity contribution in [1.29, 1.82) is 0 Å². The van der Waals surface area contributed by atoms with Crippen LogP contribution in [0.25, 0.3) is 16.7 Å². The highest BCUT2D eigenvalue weighted by molar-refractivity contribution is 7.71. The molecule has 0 saturated carbocycles. The minimum Gasteiger partial charge on any atom is -0.435 e. The van der Waals surface area contributed by atoms with E-state index in [0.717, 1.165) is 16.7 Å². The van der Waals surface area contributed by atoms with Gasteiger partial charge in [0, 0.05) is 10.7 Å². The van der Waals surface area contributed by atoms with Crippen LogP contribution in [0.3, 0.4) is 0 Å². The number of aromatic amines is 1. The zero-order chi connectivity index (χ0) is 15.0. The molecule has 0 spiro atoms. The van der Waals surface area contributed by atoms with E-state index in [2.05, 4.69) is 9.72 Å². The minimum atomic E-state index is -2.84. The number of benzene rings is 2. The molecule has 2 aromatic carbocycles. The molecular formula is C14H9ClF2N2OS. The maximum atomic E-state index is 12.1. The SMILES string of the molecule is FC(F)Oc1ccc(-n2c(=S)[nH]c3ccc(Cl)cc32)cc1. The Morgan fingerprint density at radius 2 is 1.86 bits per heavy atom. The van der Waals surface area contributed by atoms with Crippen molar-refractivity contribution >= 4 is 34.9 Å². The van der Waals surface area contributed by atoms with Crippen molar-refractivity contribution in [3.05, 3.63) is 52.3 Å². The van der Waals surface area contributed by atoms with Gasteiger partial charge in [0.1, 0.15) is 5.75 Å². The number of fused-ring (bicyclic) bond motifs is 1. The molecule has 108 valence electrons. The number of hydrogen-bond acceptors (Lipinski definition) is 2. The van der Waals surface area contributed by atoms with Crippen molar-refractivity contribution < 1.29 is 13.5 Å². The van der Waals surface area contributed by atoms with Crippen molar-refractivity contribution in [2.75, 3.05) is 0 Å². The highest BCUT2D eigenvalue weighted by atomic mass is 35.5. The van der Waals surface area contributed by atoms with Crippen molar-refractivity contribution in [3.8, 4) is 11.4 Å². The minimum absolute atomic E-state index is 0.0955. The van der Waals surface area contributed by atoms with E-state index in [1.165, 1.54) is 12.1 Å². The molecule has 7 heteroatoms. The first-order valence-electron chi connectivity index (χ1n) is 6.00. The Morgan fingerprint density at radius 3 is 2.52 bits per heavy atom. The smallest absolute Gasteiger partial charge is 0.387 e. The summed E-state index contributed by atoms with van der Waals surface area (Å²) in [6.07, 6.45) is 0. The summed E-state index contributed by atoms with van der Waals surface area (Å²) in [4.78, 5) is 3.07. The first kappa shape index (κ1) is 14.0. The van der Waals surface area contributed by atoms with E-state index in [0.29, 0.717) is 9.79 Å². The van der Waals surface area contributed by atoms with Crippen LogP contribution < -0.4 is 4.74 Å². The van der Waals surface area contributed by atoms with Crippen molar-refractivity contribution in [3.63, 3.8) is 0 Å². The van der Waals surface area contributed by atoms with E-state index in [-0.39, 0.29) is 5.75 Å². The molecule has 0 aliphatic carbocycles. The lowest BCUT2D eigenvalue weighted by atomic mass is 10.2. The molecule has 21 heavy (non-hydrogen) atoms. The van der Waals surface area contributed by atoms with Crippen LogP contribution in [0.4, 0.5) is 8.78 Å². The molecule has 0 aliphatic heterocycles. The van der Waals surface area contributed by atoms with Crippen molar-refractivity contribution in [2.24, 2.45) is 0 Å². The zero-order valence-electron chi connectivity index (χ0n) is 10.5. The van der Waals surface area contributed by atoms with Crippen LogP contribution in [0.2, 0.25) is 5.02 Å². The lowest BCUT2D eigenvalue weighted by molar-refractivity contribution is -0.0498. The fourth-order valence-corrected chi connectivity index (χ4v) is 2.59. The predicted molar refractivity (Wildman–Crippen MR) is 80.1 cm³/mol. The average molecular weight is 327 g/mol. The molecular weight excluding hydrogens is 318 g/mol. The fourth-order valence-electron chi connectivity index (χ4n) is 2.11. The number of alkyl halides is 2. The highest BCUT2D eigenvalue weighted by Gasteiger charge is 2.08. The third kappa shape index (κ3) is 2.77. The van der Waals surface area contributed by atoms with Gasteiger partial charge in [-0.1, -0.05) is 11.6 Å². The van der Waals surface area contributed by atoms with Gasteiger partial charge < -0.3 is 9.72 Å². The molecule has 1 aromatic heterocycles. The molecule has 0 fully saturated rings. The quantitative estimate of drug-likeness (QED) is 0.691. The predicted octanol–water partition coefficient (Wildman–Crippen LogP) is 4.94. The summed E-state index contributed by atoms with van der Waals surface area (Å²) < 4.78 is 30.9. The molecule has 0 radical (unpaired) electrons. The van der Waals surface area contributed by atoms with Crippen LogP contribution in [-0.4, -0.2) is 16.2 Å². The fraction of sp³-hybridized carbons (Fsp3) is 0.0714. The summed E-state index contributed by atoms with van der Waals surface area (Å²) in [5, 5.41) is 0.586. The van der Waals surface area contributed by atoms with Crippen molar-refractivity contribution in [2.45, 2.75) is 6.61 Å². The monoisotopic (exact) mass is 326 g/mol. The number of nitrogens with one attached hydrogen (secondary N) is 1. The van der Waals surface area contributed by atoms with Gasteiger partial charge in [-0.05, 0) is 54.7 Å². The number of nitrogens with zero attached hydrogens (tertiary/aromatic N) is 1. The number of H-pyrrole nitrogens is 1. The van der Waals surface area contributed by atoms with E-state index in [4.69, 9.17) is 23.8 Å². The molecule has 1 heterocycles. The maximum absolute atomic E-state index is 12.1. The summed E-state index contributed by atoms with van der Waals surface area (Å²) in [7, 11) is 0. The summed E-state index contributed by atoms with van der Waals surface area (Å²) in [5.74, 6) is 0.0955. The lowest BCUT2D eigenvalue weighted by Gasteiger charge is -2.07. The van der Waals surface area contributed by atoms with Crippen molar-refractivity contribution in [1.82, 2.24) is 9.55 Å². The van der Waals surface area contributed by atoms with E-state index in [1.54, 1.807) is 28.8 Å². The van der Waals surface area contributed by atoms with Gasteiger partial charge in [0.2, 0.25) is 0 Å². The average Bonchev–Trinajstić information content (AvgIpc) is 2.74. The molecule has 0 unspecified atom stereocenters. The number of aromatic nitrogens is 2. The van der Waals surface area contributed by atoms with E-state index in [1.807, 2.05) is 6.07 Å². The summed E-state index contributed by atoms with van der Waals surface area (Å²) >= 11 is 11.3. The normalized spacial score (nSPS) is 11.2. The second-order valence-corrected chi connectivity index (χ2v) is 5.12. The van der Waals surface area contributed by atoms with Crippen LogP contribution in [0.15, 0.2) is 42.5 Å². The first-order chi connectivity index (χ1) is 10.0. The van der Waals surface area contributed by atoms with E-state index >= 15 is 0 Å². The molecule has 3 aromatic rings. The molecule has 3 nitrogen and oxygen atoms in total. The van der Waals surface area contributed by atoms with Crippen LogP contribution in [0, 0.1) is 4.77 Å². The Hall–Kier alpha value is -1.92. The van der Waals surface area contributed by atoms with Gasteiger partial charge in [-0.25, -0.2) is 0 Å². The standard InChI is InChI=1S/C14H9ClF2N2OS/c15-8-1-6-11-12(7-8)19(14(21)18-11)9-2-4-10(5-3-9)20-13(16)17/h1-7,13H,(H,18,21). The lowest BCUT2D eigenvalue weighted by Crippen LogP contribution is -2.02. The van der Waals surface area contributed by atoms with Gasteiger partial charge in [-0.2, -0.15) is 8.78 Å². The summed E-state index contributed by atoms with van der Waals surface area (Å²) in [6.45, 7) is -2.84. The van der Waals surface area contributed by atoms with E-state index in [9.17, 15) is 8.78 Å². The first-order valence-corrected chi connectivity index (χ1v) is 6.79. The largest absolute Gasteiger partial charge is 0.435 e. The number of imidazole rings is 1. The van der Waals surface area contributed by atoms with Crippen LogP contribution >= 0.6 is 23.8 Å². The highest BCUT2D eigenvalue weighted by Crippen LogP contribution is 2.24. The molecule has 3 rings (SSSR count). The molecule has 0 aliphatic rings.